The van der Waals surface area contributed by atoms with Gasteiger partial charge in [0.1, 0.15) is 5.82 Å². The Morgan fingerprint density at radius 2 is 1.76 bits per heavy atom. The highest BCUT2D eigenvalue weighted by Gasteiger charge is 2.42. The van der Waals surface area contributed by atoms with Crippen molar-refractivity contribution in [2.24, 2.45) is 0 Å². The SMILES string of the molecule is CC1(C)COC(c2ccccc2F)CN1S(=O)(=O)Cc1ccccc1. The van der Waals surface area contributed by atoms with E-state index in [9.17, 15) is 12.8 Å². The van der Waals surface area contributed by atoms with E-state index in [-0.39, 0.29) is 24.7 Å². The maximum absolute atomic E-state index is 14.1. The lowest BCUT2D eigenvalue weighted by Crippen LogP contribution is -2.56. The van der Waals surface area contributed by atoms with Crippen molar-refractivity contribution in [3.05, 3.63) is 71.5 Å². The number of ether oxygens (including phenoxy) is 1. The number of sulfonamides is 1. The number of rotatable bonds is 4. The van der Waals surface area contributed by atoms with Crippen LogP contribution in [0.2, 0.25) is 0 Å². The van der Waals surface area contributed by atoms with Crippen molar-refractivity contribution in [2.45, 2.75) is 31.2 Å². The van der Waals surface area contributed by atoms with Gasteiger partial charge in [0.05, 0.1) is 24.0 Å². The second-order valence-corrected chi connectivity index (χ2v) is 8.80. The predicted octanol–water partition coefficient (Wildman–Crippen LogP) is 3.51. The maximum atomic E-state index is 14.1. The number of hydrogen-bond acceptors (Lipinski definition) is 3. The van der Waals surface area contributed by atoms with Gasteiger partial charge in [-0.3, -0.25) is 0 Å². The van der Waals surface area contributed by atoms with Crippen molar-refractivity contribution < 1.29 is 17.5 Å². The van der Waals surface area contributed by atoms with Gasteiger partial charge in [0.15, 0.2) is 0 Å². The fourth-order valence-electron chi connectivity index (χ4n) is 3.10. The zero-order valence-corrected chi connectivity index (χ0v) is 15.2. The third-order valence-corrected chi connectivity index (χ3v) is 6.44. The Bertz CT molecular complexity index is 837. The highest BCUT2D eigenvalue weighted by atomic mass is 32.2. The Labute approximate surface area is 148 Å². The highest BCUT2D eigenvalue weighted by Crippen LogP contribution is 2.34. The lowest BCUT2D eigenvalue weighted by molar-refractivity contribution is -0.0668. The summed E-state index contributed by atoms with van der Waals surface area (Å²) in [4.78, 5) is 0. The summed E-state index contributed by atoms with van der Waals surface area (Å²) in [7, 11) is -3.57. The van der Waals surface area contributed by atoms with Gasteiger partial charge in [0.25, 0.3) is 0 Å². The second kappa shape index (κ2) is 6.86. The van der Waals surface area contributed by atoms with Crippen molar-refractivity contribution in [2.75, 3.05) is 13.2 Å². The van der Waals surface area contributed by atoms with Crippen LogP contribution in [0.3, 0.4) is 0 Å². The summed E-state index contributed by atoms with van der Waals surface area (Å²) in [6.07, 6.45) is -0.611. The molecule has 0 aliphatic carbocycles. The standard InChI is InChI=1S/C19H22FNO3S/c1-19(2)14-24-18(16-10-6-7-11-17(16)20)12-21(19)25(22,23)13-15-8-4-3-5-9-15/h3-11,18H,12-14H2,1-2H3. The molecule has 4 nitrogen and oxygen atoms in total. The maximum Gasteiger partial charge on any atom is 0.218 e. The molecule has 0 N–H and O–H groups in total. The third-order valence-electron chi connectivity index (χ3n) is 4.42. The molecule has 134 valence electrons. The van der Waals surface area contributed by atoms with Crippen LogP contribution in [0.4, 0.5) is 4.39 Å². The van der Waals surface area contributed by atoms with Crippen LogP contribution in [0.5, 0.6) is 0 Å². The summed E-state index contributed by atoms with van der Waals surface area (Å²) in [5, 5.41) is 0. The molecule has 0 bridgehead atoms. The molecule has 1 saturated heterocycles. The van der Waals surface area contributed by atoms with Crippen LogP contribution in [0.1, 0.15) is 31.1 Å². The summed E-state index contributed by atoms with van der Waals surface area (Å²) in [6, 6.07) is 15.4. The summed E-state index contributed by atoms with van der Waals surface area (Å²) in [5.41, 5.74) is 0.431. The van der Waals surface area contributed by atoms with Crippen molar-refractivity contribution in [3.63, 3.8) is 0 Å². The predicted molar refractivity (Wildman–Crippen MR) is 94.9 cm³/mol. The Morgan fingerprint density at radius 1 is 1.12 bits per heavy atom. The van der Waals surface area contributed by atoms with E-state index < -0.39 is 21.7 Å². The molecule has 2 aromatic rings. The molecule has 1 fully saturated rings. The molecule has 1 aliphatic heterocycles. The fraction of sp³-hybridized carbons (Fsp3) is 0.368. The molecule has 1 aliphatic rings. The molecule has 6 heteroatoms. The molecule has 25 heavy (non-hydrogen) atoms. The molecule has 1 heterocycles. The molecule has 3 rings (SSSR count). The van der Waals surface area contributed by atoms with Crippen LogP contribution in [0.25, 0.3) is 0 Å². The van der Waals surface area contributed by atoms with Crippen LogP contribution in [-0.2, 0) is 20.5 Å². The molecule has 2 aromatic carbocycles. The number of morpholine rings is 1. The molecule has 0 saturated carbocycles. The number of nitrogens with zero attached hydrogens (tertiary/aromatic N) is 1. The normalized spacial score (nSPS) is 21.2. The smallest absolute Gasteiger partial charge is 0.218 e. The summed E-state index contributed by atoms with van der Waals surface area (Å²) >= 11 is 0. The van der Waals surface area contributed by atoms with E-state index in [1.54, 1.807) is 30.3 Å². The second-order valence-electron chi connectivity index (χ2n) is 6.91. The largest absolute Gasteiger partial charge is 0.370 e. The van der Waals surface area contributed by atoms with Crippen LogP contribution in [-0.4, -0.2) is 31.4 Å². The zero-order chi connectivity index (χ0) is 18.1. The Balaban J connectivity index is 1.88. The van der Waals surface area contributed by atoms with Crippen LogP contribution >= 0.6 is 0 Å². The Morgan fingerprint density at radius 3 is 2.44 bits per heavy atom. The van der Waals surface area contributed by atoms with Gasteiger partial charge in [0, 0.05) is 12.1 Å². The number of hydrogen-bond donors (Lipinski definition) is 0. The van der Waals surface area contributed by atoms with Crippen molar-refractivity contribution >= 4 is 10.0 Å². The quantitative estimate of drug-likeness (QED) is 0.835. The average Bonchev–Trinajstić information content (AvgIpc) is 2.56. The van der Waals surface area contributed by atoms with E-state index in [1.807, 2.05) is 32.0 Å². The van der Waals surface area contributed by atoms with Gasteiger partial charge in [-0.15, -0.1) is 0 Å². The molecular weight excluding hydrogens is 341 g/mol. The van der Waals surface area contributed by atoms with Crippen LogP contribution in [0, 0.1) is 5.82 Å². The van der Waals surface area contributed by atoms with Gasteiger partial charge in [-0.1, -0.05) is 48.5 Å². The first-order valence-corrected chi connectivity index (χ1v) is 9.81. The number of benzene rings is 2. The first-order valence-electron chi connectivity index (χ1n) is 8.20. The lowest BCUT2D eigenvalue weighted by atomic mass is 10.0. The van der Waals surface area contributed by atoms with Gasteiger partial charge in [-0.25, -0.2) is 12.8 Å². The minimum Gasteiger partial charge on any atom is -0.370 e. The van der Waals surface area contributed by atoms with Gasteiger partial charge in [-0.2, -0.15) is 4.31 Å². The van der Waals surface area contributed by atoms with E-state index in [4.69, 9.17) is 4.74 Å². The van der Waals surface area contributed by atoms with Gasteiger partial charge < -0.3 is 4.74 Å². The summed E-state index contributed by atoms with van der Waals surface area (Å²) < 4.78 is 47.3. The minimum atomic E-state index is -3.57. The summed E-state index contributed by atoms with van der Waals surface area (Å²) in [5.74, 6) is -0.464. The van der Waals surface area contributed by atoms with E-state index >= 15 is 0 Å². The molecular formula is C19H22FNO3S. The Hall–Kier alpha value is -1.76. The first kappa shape index (κ1) is 18.0. The van der Waals surface area contributed by atoms with Crippen LogP contribution in [0.15, 0.2) is 54.6 Å². The van der Waals surface area contributed by atoms with E-state index in [0.29, 0.717) is 5.56 Å². The minimum absolute atomic E-state index is 0.0821. The Kier molecular flexibility index (Phi) is 4.95. The number of halogens is 1. The van der Waals surface area contributed by atoms with Gasteiger partial charge >= 0.3 is 0 Å². The monoisotopic (exact) mass is 363 g/mol. The molecule has 1 atom stereocenters. The van der Waals surface area contributed by atoms with E-state index in [0.717, 1.165) is 5.56 Å². The summed E-state index contributed by atoms with van der Waals surface area (Å²) in [6.45, 7) is 3.96. The highest BCUT2D eigenvalue weighted by molar-refractivity contribution is 7.88. The van der Waals surface area contributed by atoms with Crippen molar-refractivity contribution in [1.29, 1.82) is 0 Å². The molecule has 0 spiro atoms. The molecule has 0 aromatic heterocycles. The van der Waals surface area contributed by atoms with Crippen molar-refractivity contribution in [3.8, 4) is 0 Å². The average molecular weight is 363 g/mol. The molecule has 0 radical (unpaired) electrons. The van der Waals surface area contributed by atoms with Gasteiger partial charge in [0.2, 0.25) is 10.0 Å². The lowest BCUT2D eigenvalue weighted by Gasteiger charge is -2.44. The van der Waals surface area contributed by atoms with Crippen molar-refractivity contribution in [1.82, 2.24) is 4.31 Å². The van der Waals surface area contributed by atoms with Crippen LogP contribution < -0.4 is 0 Å². The van der Waals surface area contributed by atoms with E-state index in [2.05, 4.69) is 0 Å². The zero-order valence-electron chi connectivity index (χ0n) is 14.4. The van der Waals surface area contributed by atoms with Gasteiger partial charge in [-0.05, 0) is 25.5 Å². The fourth-order valence-corrected chi connectivity index (χ4v) is 5.04. The third kappa shape index (κ3) is 3.92. The molecule has 0 amide bonds. The topological polar surface area (TPSA) is 46.6 Å². The first-order chi connectivity index (χ1) is 11.8. The molecule has 1 unspecified atom stereocenters. The van der Waals surface area contributed by atoms with E-state index in [1.165, 1.54) is 10.4 Å².